The molecule has 0 bridgehead atoms. The lowest BCUT2D eigenvalue weighted by Gasteiger charge is -2.22. The van der Waals surface area contributed by atoms with Crippen LogP contribution in [0.4, 0.5) is 0 Å². The Bertz CT molecular complexity index is 358. The van der Waals surface area contributed by atoms with E-state index in [1.807, 2.05) is 13.8 Å². The molecule has 0 rings (SSSR count). The van der Waals surface area contributed by atoms with Gasteiger partial charge in [-0.3, -0.25) is 14.4 Å². The maximum atomic E-state index is 12.2. The summed E-state index contributed by atoms with van der Waals surface area (Å²) in [7, 11) is 0. The van der Waals surface area contributed by atoms with Crippen molar-refractivity contribution >= 4 is 17.7 Å². The van der Waals surface area contributed by atoms with Crippen LogP contribution >= 0.6 is 0 Å². The minimum absolute atomic E-state index is 0.233. The third-order valence-corrected chi connectivity index (χ3v) is 3.01. The van der Waals surface area contributed by atoms with Gasteiger partial charge in [-0.25, -0.2) is 0 Å². The number of nitrogens with one attached hydrogen (secondary N) is 2. The van der Waals surface area contributed by atoms with Gasteiger partial charge in [0.25, 0.3) is 0 Å². The molecule has 0 fully saturated rings. The molecule has 0 saturated carbocycles. The normalized spacial score (nSPS) is 13.6. The van der Waals surface area contributed by atoms with Gasteiger partial charge in [0, 0.05) is 6.92 Å². The Kier molecular flexibility index (Phi) is 9.36. The topological polar surface area (TPSA) is 127 Å². The van der Waals surface area contributed by atoms with Crippen LogP contribution in [0.3, 0.4) is 0 Å². The van der Waals surface area contributed by atoms with Crippen molar-refractivity contribution < 1.29 is 14.4 Å². The van der Waals surface area contributed by atoms with Crippen LogP contribution in [0.25, 0.3) is 0 Å². The van der Waals surface area contributed by atoms with E-state index in [1.165, 1.54) is 6.92 Å². The first kappa shape index (κ1) is 19.4. The molecule has 0 aromatic carbocycles. The predicted molar refractivity (Wildman–Crippen MR) is 81.1 cm³/mol. The molecule has 0 aliphatic rings. The Morgan fingerprint density at radius 2 is 1.67 bits per heavy atom. The van der Waals surface area contributed by atoms with Crippen LogP contribution in [0.2, 0.25) is 0 Å². The number of primary amides is 1. The molecule has 0 aromatic heterocycles. The van der Waals surface area contributed by atoms with Crippen molar-refractivity contribution in [1.82, 2.24) is 10.6 Å². The number of nitrogens with two attached hydrogens (primary N) is 2. The summed E-state index contributed by atoms with van der Waals surface area (Å²) < 4.78 is 0. The highest BCUT2D eigenvalue weighted by Gasteiger charge is 2.25. The van der Waals surface area contributed by atoms with Gasteiger partial charge in [-0.05, 0) is 38.1 Å². The number of hydrogen-bond acceptors (Lipinski definition) is 4. The van der Waals surface area contributed by atoms with Crippen LogP contribution in [0.5, 0.6) is 0 Å². The van der Waals surface area contributed by atoms with Crippen LogP contribution in [0.15, 0.2) is 0 Å². The fourth-order valence-electron chi connectivity index (χ4n) is 2.00. The van der Waals surface area contributed by atoms with Crippen molar-refractivity contribution in [3.63, 3.8) is 0 Å². The Balaban J connectivity index is 4.65. The molecule has 2 unspecified atom stereocenters. The summed E-state index contributed by atoms with van der Waals surface area (Å²) in [5.41, 5.74) is 10.7. The second-order valence-corrected chi connectivity index (χ2v) is 5.63. The van der Waals surface area contributed by atoms with Gasteiger partial charge < -0.3 is 22.1 Å². The lowest BCUT2D eigenvalue weighted by molar-refractivity contribution is -0.131. The molecule has 0 spiro atoms. The smallest absolute Gasteiger partial charge is 0.243 e. The third kappa shape index (κ3) is 9.01. The Morgan fingerprint density at radius 3 is 2.10 bits per heavy atom. The van der Waals surface area contributed by atoms with Gasteiger partial charge in [-0.15, -0.1) is 0 Å². The van der Waals surface area contributed by atoms with Crippen molar-refractivity contribution in [3.8, 4) is 0 Å². The Labute approximate surface area is 126 Å². The zero-order valence-corrected chi connectivity index (χ0v) is 13.1. The fourth-order valence-corrected chi connectivity index (χ4v) is 2.00. The summed E-state index contributed by atoms with van der Waals surface area (Å²) in [4.78, 5) is 34.8. The molecule has 2 atom stereocenters. The first-order valence-electron chi connectivity index (χ1n) is 7.34. The number of unbranched alkanes of at least 4 members (excludes halogenated alkanes) is 1. The summed E-state index contributed by atoms with van der Waals surface area (Å²) >= 11 is 0. The average molecular weight is 300 g/mol. The first-order valence-corrected chi connectivity index (χ1v) is 7.34. The van der Waals surface area contributed by atoms with E-state index in [4.69, 9.17) is 11.5 Å². The lowest BCUT2D eigenvalue weighted by Crippen LogP contribution is -2.53. The van der Waals surface area contributed by atoms with Crippen LogP contribution < -0.4 is 22.1 Å². The van der Waals surface area contributed by atoms with Gasteiger partial charge in [-0.1, -0.05) is 13.8 Å². The maximum Gasteiger partial charge on any atom is 0.243 e. The molecule has 3 amide bonds. The SMILES string of the molecule is CC(=O)NC(CC(C)C)C(=O)NC(CCCCN)C(N)=O. The number of hydrogen-bond donors (Lipinski definition) is 4. The molecule has 0 aromatic rings. The molecule has 6 N–H and O–H groups in total. The van der Waals surface area contributed by atoms with Gasteiger partial charge >= 0.3 is 0 Å². The molecule has 0 saturated heterocycles. The van der Waals surface area contributed by atoms with Crippen LogP contribution in [0, 0.1) is 5.92 Å². The van der Waals surface area contributed by atoms with Crippen molar-refractivity contribution in [3.05, 3.63) is 0 Å². The van der Waals surface area contributed by atoms with E-state index in [0.717, 1.165) is 6.42 Å². The minimum Gasteiger partial charge on any atom is -0.368 e. The number of carbonyl (C=O) groups is 3. The van der Waals surface area contributed by atoms with Crippen LogP contribution in [0.1, 0.15) is 46.5 Å². The minimum atomic E-state index is -0.729. The molecule has 0 aliphatic heterocycles. The number of rotatable bonds is 10. The predicted octanol–water partition coefficient (Wildman–Crippen LogP) is -0.364. The van der Waals surface area contributed by atoms with E-state index in [1.54, 1.807) is 0 Å². The van der Waals surface area contributed by atoms with Gasteiger partial charge in [0.2, 0.25) is 17.7 Å². The molecular weight excluding hydrogens is 272 g/mol. The molecule has 21 heavy (non-hydrogen) atoms. The fraction of sp³-hybridized carbons (Fsp3) is 0.786. The van der Waals surface area contributed by atoms with E-state index < -0.39 is 18.0 Å². The Hall–Kier alpha value is -1.63. The Morgan fingerprint density at radius 1 is 1.05 bits per heavy atom. The third-order valence-electron chi connectivity index (χ3n) is 3.01. The van der Waals surface area contributed by atoms with Gasteiger partial charge in [0.15, 0.2) is 0 Å². The molecule has 0 aliphatic carbocycles. The molecule has 0 radical (unpaired) electrons. The lowest BCUT2D eigenvalue weighted by atomic mass is 10.0. The zero-order chi connectivity index (χ0) is 16.4. The van der Waals surface area contributed by atoms with E-state index in [-0.39, 0.29) is 17.7 Å². The second kappa shape index (κ2) is 10.1. The van der Waals surface area contributed by atoms with Gasteiger partial charge in [0.1, 0.15) is 12.1 Å². The van der Waals surface area contributed by atoms with Crippen LogP contribution in [-0.2, 0) is 14.4 Å². The summed E-state index contributed by atoms with van der Waals surface area (Å²) in [6, 6.07) is -1.38. The van der Waals surface area contributed by atoms with E-state index in [0.29, 0.717) is 25.8 Å². The quantitative estimate of drug-likeness (QED) is 0.411. The highest BCUT2D eigenvalue weighted by atomic mass is 16.2. The summed E-state index contributed by atoms with van der Waals surface area (Å²) in [6.07, 6.45) is 2.42. The highest BCUT2D eigenvalue weighted by Crippen LogP contribution is 2.07. The summed E-state index contributed by atoms with van der Waals surface area (Å²) in [6.45, 7) is 5.79. The standard InChI is InChI=1S/C14H28N4O3/c1-9(2)8-12(17-10(3)19)14(21)18-11(13(16)20)6-4-5-7-15/h9,11-12H,4-8,15H2,1-3H3,(H2,16,20)(H,17,19)(H,18,21). The number of carbonyl (C=O) groups excluding carboxylic acids is 3. The van der Waals surface area contributed by atoms with Crippen molar-refractivity contribution in [2.24, 2.45) is 17.4 Å². The molecular formula is C14H28N4O3. The largest absolute Gasteiger partial charge is 0.368 e. The molecule has 0 heterocycles. The van der Waals surface area contributed by atoms with Crippen molar-refractivity contribution in [1.29, 1.82) is 0 Å². The maximum absolute atomic E-state index is 12.2. The molecule has 7 heteroatoms. The van der Waals surface area contributed by atoms with E-state index in [9.17, 15) is 14.4 Å². The van der Waals surface area contributed by atoms with E-state index in [2.05, 4.69) is 10.6 Å². The first-order chi connectivity index (χ1) is 9.77. The highest BCUT2D eigenvalue weighted by molar-refractivity contribution is 5.91. The van der Waals surface area contributed by atoms with Crippen molar-refractivity contribution in [2.75, 3.05) is 6.54 Å². The average Bonchev–Trinajstić information content (AvgIpc) is 2.35. The molecule has 122 valence electrons. The van der Waals surface area contributed by atoms with Crippen LogP contribution in [-0.4, -0.2) is 36.3 Å². The number of amides is 3. The zero-order valence-electron chi connectivity index (χ0n) is 13.1. The summed E-state index contributed by atoms with van der Waals surface area (Å²) in [5, 5.41) is 5.22. The second-order valence-electron chi connectivity index (χ2n) is 5.63. The summed E-state index contributed by atoms with van der Waals surface area (Å²) in [5.74, 6) is -1.01. The monoisotopic (exact) mass is 300 g/mol. The van der Waals surface area contributed by atoms with Gasteiger partial charge in [0.05, 0.1) is 0 Å². The van der Waals surface area contributed by atoms with Gasteiger partial charge in [-0.2, -0.15) is 0 Å². The molecule has 7 nitrogen and oxygen atoms in total. The van der Waals surface area contributed by atoms with Crippen molar-refractivity contribution in [2.45, 2.75) is 58.5 Å². The van der Waals surface area contributed by atoms with E-state index >= 15 is 0 Å².